The molecule has 106 valence electrons. The van der Waals surface area contributed by atoms with E-state index in [0.717, 1.165) is 24.2 Å². The summed E-state index contributed by atoms with van der Waals surface area (Å²) in [5, 5.41) is 10.5. The van der Waals surface area contributed by atoms with E-state index in [0.29, 0.717) is 5.92 Å². The van der Waals surface area contributed by atoms with E-state index in [9.17, 15) is 5.11 Å². The molecule has 0 saturated carbocycles. The van der Waals surface area contributed by atoms with Crippen molar-refractivity contribution in [1.29, 1.82) is 0 Å². The molecule has 1 aromatic carbocycles. The van der Waals surface area contributed by atoms with E-state index in [1.165, 1.54) is 18.4 Å². The van der Waals surface area contributed by atoms with Crippen molar-refractivity contribution in [1.82, 2.24) is 0 Å². The van der Waals surface area contributed by atoms with Crippen molar-refractivity contribution in [3.05, 3.63) is 29.3 Å². The smallest absolute Gasteiger partial charge is 0.129 e. The Morgan fingerprint density at radius 1 is 1.37 bits per heavy atom. The molecule has 2 heteroatoms. The molecule has 0 amide bonds. The molecule has 2 nitrogen and oxygen atoms in total. The molecule has 0 bridgehead atoms. The van der Waals surface area contributed by atoms with Crippen LogP contribution in [0.5, 0.6) is 5.75 Å². The van der Waals surface area contributed by atoms with Crippen molar-refractivity contribution in [2.75, 3.05) is 0 Å². The van der Waals surface area contributed by atoms with Crippen LogP contribution in [0, 0.1) is 5.92 Å². The van der Waals surface area contributed by atoms with E-state index in [1.807, 2.05) is 12.1 Å². The third kappa shape index (κ3) is 3.30. The second kappa shape index (κ2) is 5.54. The Morgan fingerprint density at radius 2 is 2.11 bits per heavy atom. The minimum absolute atomic E-state index is 0.146. The summed E-state index contributed by atoms with van der Waals surface area (Å²) in [6.45, 7) is 8.60. The number of hydrogen-bond acceptors (Lipinski definition) is 2. The van der Waals surface area contributed by atoms with E-state index in [1.54, 1.807) is 0 Å². The van der Waals surface area contributed by atoms with Gasteiger partial charge in [0, 0.05) is 12.0 Å². The summed E-state index contributed by atoms with van der Waals surface area (Å²) in [7, 11) is 0. The first-order valence-corrected chi connectivity index (χ1v) is 7.42. The molecule has 0 aromatic heterocycles. The van der Waals surface area contributed by atoms with Crippen LogP contribution in [-0.2, 0) is 6.42 Å². The largest absolute Gasteiger partial charge is 0.487 e. The first-order chi connectivity index (χ1) is 8.93. The summed E-state index contributed by atoms with van der Waals surface area (Å²) in [5.74, 6) is 1.47. The Kier molecular flexibility index (Phi) is 4.19. The first kappa shape index (κ1) is 14.4. The van der Waals surface area contributed by atoms with Gasteiger partial charge in [-0.1, -0.05) is 44.9 Å². The fourth-order valence-corrected chi connectivity index (χ4v) is 3.02. The Labute approximate surface area is 116 Å². The lowest BCUT2D eigenvalue weighted by atomic mass is 9.93. The van der Waals surface area contributed by atoms with E-state index in [4.69, 9.17) is 4.74 Å². The predicted octanol–water partition coefficient (Wildman–Crippen LogP) is 4.26. The number of aliphatic hydroxyl groups excluding tert-OH is 1. The highest BCUT2D eigenvalue weighted by Gasteiger charge is 2.33. The van der Waals surface area contributed by atoms with Gasteiger partial charge < -0.3 is 9.84 Å². The Hall–Kier alpha value is -1.02. The Morgan fingerprint density at radius 3 is 2.79 bits per heavy atom. The molecule has 0 aliphatic carbocycles. The number of ether oxygens (including phenoxy) is 1. The predicted molar refractivity (Wildman–Crippen MR) is 78.5 cm³/mol. The van der Waals surface area contributed by atoms with Gasteiger partial charge in [0.2, 0.25) is 0 Å². The molecule has 0 saturated heterocycles. The molecule has 0 fully saturated rings. The number of hydrogen-bond donors (Lipinski definition) is 1. The fraction of sp³-hybridized carbons (Fsp3) is 0.647. The van der Waals surface area contributed by atoms with Crippen molar-refractivity contribution in [2.45, 2.75) is 65.1 Å². The summed E-state index contributed by atoms with van der Waals surface area (Å²) < 4.78 is 6.03. The molecule has 0 spiro atoms. The van der Waals surface area contributed by atoms with Crippen LogP contribution in [0.1, 0.15) is 64.2 Å². The van der Waals surface area contributed by atoms with Gasteiger partial charge in [0.25, 0.3) is 0 Å². The summed E-state index contributed by atoms with van der Waals surface area (Å²) in [4.78, 5) is 0. The van der Waals surface area contributed by atoms with Gasteiger partial charge in [-0.05, 0) is 31.7 Å². The summed E-state index contributed by atoms with van der Waals surface area (Å²) in [6.07, 6.45) is 3.66. The lowest BCUT2D eigenvalue weighted by molar-refractivity contribution is 0.117. The van der Waals surface area contributed by atoms with E-state index in [-0.39, 0.29) is 5.60 Å². The normalized spacial score (nSPS) is 19.6. The van der Waals surface area contributed by atoms with Crippen molar-refractivity contribution < 1.29 is 9.84 Å². The van der Waals surface area contributed by atoms with E-state index >= 15 is 0 Å². The molecule has 1 aliphatic rings. The molecule has 1 aliphatic heterocycles. The highest BCUT2D eigenvalue weighted by molar-refractivity contribution is 5.46. The van der Waals surface area contributed by atoms with Crippen molar-refractivity contribution in [3.8, 4) is 5.75 Å². The molecule has 1 heterocycles. The fourth-order valence-electron chi connectivity index (χ4n) is 3.02. The zero-order valence-corrected chi connectivity index (χ0v) is 12.6. The lowest BCUT2D eigenvalue weighted by Gasteiger charge is -2.21. The maximum Gasteiger partial charge on any atom is 0.129 e. The molecule has 0 radical (unpaired) electrons. The van der Waals surface area contributed by atoms with Gasteiger partial charge in [0.15, 0.2) is 0 Å². The minimum Gasteiger partial charge on any atom is -0.487 e. The number of fused-ring (bicyclic) bond motifs is 1. The average molecular weight is 262 g/mol. The maximum atomic E-state index is 10.5. The molecule has 2 unspecified atom stereocenters. The van der Waals surface area contributed by atoms with Gasteiger partial charge in [-0.15, -0.1) is 0 Å². The van der Waals surface area contributed by atoms with Gasteiger partial charge in [-0.2, -0.15) is 0 Å². The van der Waals surface area contributed by atoms with Gasteiger partial charge in [0.05, 0.1) is 6.10 Å². The second-order valence-electron chi connectivity index (χ2n) is 6.52. The van der Waals surface area contributed by atoms with Crippen LogP contribution in [0.4, 0.5) is 0 Å². The van der Waals surface area contributed by atoms with Crippen LogP contribution < -0.4 is 4.74 Å². The minimum atomic E-state index is -0.412. The van der Waals surface area contributed by atoms with Crippen LogP contribution >= 0.6 is 0 Å². The maximum absolute atomic E-state index is 10.5. The number of para-hydroxylation sites is 1. The Balaban J connectivity index is 2.16. The number of benzene rings is 1. The third-order valence-electron chi connectivity index (χ3n) is 3.89. The zero-order valence-electron chi connectivity index (χ0n) is 12.6. The first-order valence-electron chi connectivity index (χ1n) is 7.42. The van der Waals surface area contributed by atoms with Crippen molar-refractivity contribution in [2.24, 2.45) is 5.92 Å². The van der Waals surface area contributed by atoms with Crippen LogP contribution in [0.3, 0.4) is 0 Å². The van der Waals surface area contributed by atoms with Crippen LogP contribution in [-0.4, -0.2) is 10.7 Å². The quantitative estimate of drug-likeness (QED) is 0.859. The third-order valence-corrected chi connectivity index (χ3v) is 3.89. The second-order valence-corrected chi connectivity index (χ2v) is 6.52. The van der Waals surface area contributed by atoms with Crippen LogP contribution in [0.15, 0.2) is 18.2 Å². The molecule has 2 atom stereocenters. The molecule has 19 heavy (non-hydrogen) atoms. The highest BCUT2D eigenvalue weighted by Crippen LogP contribution is 2.41. The number of rotatable bonds is 5. The standard InChI is InChI=1S/C17H26O2/c1-5-7-12(2)10-15(18)14-9-6-8-13-11-17(3,4)19-16(13)14/h6,8-9,12,15,18H,5,7,10-11H2,1-4H3. The van der Waals surface area contributed by atoms with Crippen LogP contribution in [0.2, 0.25) is 0 Å². The van der Waals surface area contributed by atoms with Gasteiger partial charge in [0.1, 0.15) is 11.4 Å². The molecular weight excluding hydrogens is 236 g/mol. The average Bonchev–Trinajstić information content (AvgIpc) is 2.62. The Bertz CT molecular complexity index is 437. The number of aliphatic hydroxyl groups is 1. The van der Waals surface area contributed by atoms with E-state index in [2.05, 4.69) is 33.8 Å². The van der Waals surface area contributed by atoms with Gasteiger partial charge in [-0.3, -0.25) is 0 Å². The SMILES string of the molecule is CCCC(C)CC(O)c1cccc2c1OC(C)(C)C2. The molecule has 1 N–H and O–H groups in total. The summed E-state index contributed by atoms with van der Waals surface area (Å²) >= 11 is 0. The summed E-state index contributed by atoms with van der Waals surface area (Å²) in [5.41, 5.74) is 2.04. The van der Waals surface area contributed by atoms with Crippen LogP contribution in [0.25, 0.3) is 0 Å². The summed E-state index contributed by atoms with van der Waals surface area (Å²) in [6, 6.07) is 6.14. The zero-order chi connectivity index (χ0) is 14.0. The van der Waals surface area contributed by atoms with Gasteiger partial charge >= 0.3 is 0 Å². The molecular formula is C17H26O2. The highest BCUT2D eigenvalue weighted by atomic mass is 16.5. The topological polar surface area (TPSA) is 29.5 Å². The molecule has 2 rings (SSSR count). The van der Waals surface area contributed by atoms with Crippen molar-refractivity contribution >= 4 is 0 Å². The molecule has 1 aromatic rings. The van der Waals surface area contributed by atoms with Crippen molar-refractivity contribution in [3.63, 3.8) is 0 Å². The van der Waals surface area contributed by atoms with E-state index < -0.39 is 6.10 Å². The van der Waals surface area contributed by atoms with Gasteiger partial charge in [-0.25, -0.2) is 0 Å². The monoisotopic (exact) mass is 262 g/mol. The lowest BCUT2D eigenvalue weighted by Crippen LogP contribution is -2.25.